The van der Waals surface area contributed by atoms with E-state index in [2.05, 4.69) is 18.9 Å². The zero-order valence-corrected chi connectivity index (χ0v) is 13.9. The van der Waals surface area contributed by atoms with Crippen LogP contribution in [-0.4, -0.2) is 53.9 Å². The maximum absolute atomic E-state index is 12.1. The first kappa shape index (κ1) is 17.4. The predicted molar refractivity (Wildman–Crippen MR) is 87.7 cm³/mol. The molecule has 0 aliphatic heterocycles. The lowest BCUT2D eigenvalue weighted by Gasteiger charge is -2.34. The molecular formula is C15H29N3OS. The van der Waals surface area contributed by atoms with Gasteiger partial charge in [-0.2, -0.15) is 0 Å². The minimum Gasteiger partial charge on any atom is -0.393 e. The molecule has 1 fully saturated rings. The van der Waals surface area contributed by atoms with Gasteiger partial charge in [-0.3, -0.25) is 9.69 Å². The van der Waals surface area contributed by atoms with Gasteiger partial charge in [-0.15, -0.1) is 0 Å². The highest BCUT2D eigenvalue weighted by molar-refractivity contribution is 7.80. The predicted octanol–water partition coefficient (Wildman–Crippen LogP) is 2.02. The fourth-order valence-corrected chi connectivity index (χ4v) is 2.95. The molecule has 1 aliphatic rings. The quantitative estimate of drug-likeness (QED) is 0.731. The number of carbonyl (C=O) groups excluding carboxylic acids is 1. The lowest BCUT2D eigenvalue weighted by molar-refractivity contribution is -0.131. The molecule has 1 rings (SSSR count). The van der Waals surface area contributed by atoms with E-state index in [0.29, 0.717) is 30.5 Å². The summed E-state index contributed by atoms with van der Waals surface area (Å²) < 4.78 is 0. The third-order valence-electron chi connectivity index (χ3n) is 4.52. The van der Waals surface area contributed by atoms with E-state index < -0.39 is 0 Å². The molecule has 0 unspecified atom stereocenters. The Morgan fingerprint density at radius 1 is 1.25 bits per heavy atom. The van der Waals surface area contributed by atoms with Crippen LogP contribution in [0.2, 0.25) is 0 Å². The lowest BCUT2D eigenvalue weighted by atomic mass is 9.84. The number of thiocarbonyl (C=S) groups is 1. The number of rotatable bonds is 7. The molecule has 0 heterocycles. The van der Waals surface area contributed by atoms with Crippen LogP contribution in [0.3, 0.4) is 0 Å². The Labute approximate surface area is 128 Å². The number of nitrogens with two attached hydrogens (primary N) is 1. The molecule has 0 spiro atoms. The van der Waals surface area contributed by atoms with Crippen molar-refractivity contribution in [1.29, 1.82) is 0 Å². The van der Waals surface area contributed by atoms with Crippen LogP contribution in [0.1, 0.15) is 45.4 Å². The molecular weight excluding hydrogens is 270 g/mol. The minimum absolute atomic E-state index is 0.154. The van der Waals surface area contributed by atoms with Crippen molar-refractivity contribution in [3.8, 4) is 0 Å². The van der Waals surface area contributed by atoms with E-state index in [1.54, 1.807) is 4.90 Å². The first-order valence-corrected chi connectivity index (χ1v) is 8.07. The summed E-state index contributed by atoms with van der Waals surface area (Å²) in [4.78, 5) is 16.5. The molecule has 0 bridgehead atoms. The van der Waals surface area contributed by atoms with Crippen molar-refractivity contribution < 1.29 is 4.79 Å². The van der Waals surface area contributed by atoms with Crippen LogP contribution >= 0.6 is 12.2 Å². The molecule has 1 amide bonds. The zero-order chi connectivity index (χ0) is 15.1. The van der Waals surface area contributed by atoms with E-state index in [9.17, 15) is 4.79 Å². The molecule has 0 atom stereocenters. The van der Waals surface area contributed by atoms with Crippen molar-refractivity contribution in [2.24, 2.45) is 11.7 Å². The molecule has 5 heteroatoms. The van der Waals surface area contributed by atoms with E-state index in [-0.39, 0.29) is 5.91 Å². The van der Waals surface area contributed by atoms with Crippen LogP contribution in [0.5, 0.6) is 0 Å². The highest BCUT2D eigenvalue weighted by atomic mass is 32.1. The average molecular weight is 299 g/mol. The van der Waals surface area contributed by atoms with Crippen molar-refractivity contribution in [2.45, 2.75) is 51.5 Å². The Kier molecular flexibility index (Phi) is 7.45. The van der Waals surface area contributed by atoms with Crippen LogP contribution in [0.25, 0.3) is 0 Å². The van der Waals surface area contributed by atoms with Gasteiger partial charge in [0.2, 0.25) is 5.91 Å². The van der Waals surface area contributed by atoms with Crippen molar-refractivity contribution in [3.63, 3.8) is 0 Å². The molecule has 0 aromatic carbocycles. The monoisotopic (exact) mass is 299 g/mol. The fourth-order valence-electron chi connectivity index (χ4n) is 2.86. The summed E-state index contributed by atoms with van der Waals surface area (Å²) in [5.74, 6) is 1.05. The normalized spacial score (nSPS) is 22.8. The SMILES string of the molecule is CCC1CCC(N(C)CC(=O)N(C)CCC(N)=S)CC1. The first-order chi connectivity index (χ1) is 9.43. The van der Waals surface area contributed by atoms with Gasteiger partial charge >= 0.3 is 0 Å². The number of hydrogen-bond donors (Lipinski definition) is 1. The second kappa shape index (κ2) is 8.57. The standard InChI is InChI=1S/C15H29N3OS/c1-4-12-5-7-13(8-6-12)18(3)11-15(19)17(2)10-9-14(16)20/h12-13H,4-11H2,1-3H3,(H2,16,20). The van der Waals surface area contributed by atoms with Gasteiger partial charge in [0.1, 0.15) is 0 Å². The van der Waals surface area contributed by atoms with Gasteiger partial charge in [-0.05, 0) is 38.6 Å². The van der Waals surface area contributed by atoms with E-state index >= 15 is 0 Å². The molecule has 116 valence electrons. The molecule has 0 aromatic rings. The minimum atomic E-state index is 0.154. The Hall–Kier alpha value is -0.680. The van der Waals surface area contributed by atoms with Gasteiger partial charge < -0.3 is 10.6 Å². The maximum Gasteiger partial charge on any atom is 0.236 e. The van der Waals surface area contributed by atoms with Gasteiger partial charge in [-0.25, -0.2) is 0 Å². The van der Waals surface area contributed by atoms with Crippen LogP contribution in [0.15, 0.2) is 0 Å². The van der Waals surface area contributed by atoms with E-state index in [0.717, 1.165) is 5.92 Å². The van der Waals surface area contributed by atoms with Crippen molar-refractivity contribution in [2.75, 3.05) is 27.2 Å². The summed E-state index contributed by atoms with van der Waals surface area (Å²) in [5.41, 5.74) is 5.47. The van der Waals surface area contributed by atoms with E-state index in [1.165, 1.54) is 32.1 Å². The second-order valence-corrected chi connectivity index (χ2v) is 6.55. The van der Waals surface area contributed by atoms with Crippen LogP contribution in [-0.2, 0) is 4.79 Å². The molecule has 4 nitrogen and oxygen atoms in total. The molecule has 2 N–H and O–H groups in total. The van der Waals surface area contributed by atoms with Gasteiger partial charge in [0.15, 0.2) is 0 Å². The van der Waals surface area contributed by atoms with Gasteiger partial charge in [-0.1, -0.05) is 25.6 Å². The Bertz CT molecular complexity index is 327. The lowest BCUT2D eigenvalue weighted by Crippen LogP contribution is -2.43. The van der Waals surface area contributed by atoms with Gasteiger partial charge in [0.05, 0.1) is 11.5 Å². The van der Waals surface area contributed by atoms with E-state index in [1.807, 2.05) is 7.05 Å². The van der Waals surface area contributed by atoms with E-state index in [4.69, 9.17) is 18.0 Å². The second-order valence-electron chi connectivity index (χ2n) is 6.03. The smallest absolute Gasteiger partial charge is 0.236 e. The Balaban J connectivity index is 2.32. The summed E-state index contributed by atoms with van der Waals surface area (Å²) in [7, 11) is 3.89. The third-order valence-corrected chi connectivity index (χ3v) is 4.73. The number of nitrogens with zero attached hydrogens (tertiary/aromatic N) is 2. The topological polar surface area (TPSA) is 49.6 Å². The number of amides is 1. The summed E-state index contributed by atoms with van der Waals surface area (Å²) in [6.45, 7) is 3.38. The van der Waals surface area contributed by atoms with Crippen LogP contribution in [0.4, 0.5) is 0 Å². The Morgan fingerprint density at radius 3 is 2.35 bits per heavy atom. The van der Waals surface area contributed by atoms with Crippen molar-refractivity contribution in [3.05, 3.63) is 0 Å². The number of likely N-dealkylation sites (N-methyl/N-ethyl adjacent to an activating group) is 2. The molecule has 1 aliphatic carbocycles. The van der Waals surface area contributed by atoms with Crippen LogP contribution < -0.4 is 5.73 Å². The van der Waals surface area contributed by atoms with Crippen molar-refractivity contribution >= 4 is 23.1 Å². The van der Waals surface area contributed by atoms with Gasteiger partial charge in [0.25, 0.3) is 0 Å². The largest absolute Gasteiger partial charge is 0.393 e. The van der Waals surface area contributed by atoms with Crippen molar-refractivity contribution in [1.82, 2.24) is 9.80 Å². The zero-order valence-electron chi connectivity index (χ0n) is 13.1. The fraction of sp³-hybridized carbons (Fsp3) is 0.867. The summed E-state index contributed by atoms with van der Waals surface area (Å²) in [6.07, 6.45) is 6.94. The first-order valence-electron chi connectivity index (χ1n) is 7.66. The number of carbonyl (C=O) groups is 1. The molecule has 0 radical (unpaired) electrons. The highest BCUT2D eigenvalue weighted by Crippen LogP contribution is 2.28. The van der Waals surface area contributed by atoms with Crippen LogP contribution in [0, 0.1) is 5.92 Å². The molecule has 0 aromatic heterocycles. The number of hydrogen-bond acceptors (Lipinski definition) is 3. The van der Waals surface area contributed by atoms with Gasteiger partial charge in [0, 0.05) is 26.1 Å². The third kappa shape index (κ3) is 5.75. The molecule has 1 saturated carbocycles. The summed E-state index contributed by atoms with van der Waals surface area (Å²) in [5, 5.41) is 0. The molecule has 0 saturated heterocycles. The Morgan fingerprint density at radius 2 is 1.85 bits per heavy atom. The molecule has 20 heavy (non-hydrogen) atoms. The summed E-state index contributed by atoms with van der Waals surface area (Å²) >= 11 is 4.84. The highest BCUT2D eigenvalue weighted by Gasteiger charge is 2.24. The summed E-state index contributed by atoms with van der Waals surface area (Å²) in [6, 6.07) is 0.561. The average Bonchev–Trinajstić information content (AvgIpc) is 2.44. The maximum atomic E-state index is 12.1.